The number of hydrogen-bond acceptors (Lipinski definition) is 1. The van der Waals surface area contributed by atoms with Crippen LogP contribution in [-0.2, 0) is 11.2 Å². The quantitative estimate of drug-likeness (QED) is 0.859. The molecule has 1 unspecified atom stereocenters. The van der Waals surface area contributed by atoms with Crippen LogP contribution in [0.3, 0.4) is 0 Å². The van der Waals surface area contributed by atoms with Crippen molar-refractivity contribution in [3.63, 3.8) is 0 Å². The molecule has 2 nitrogen and oxygen atoms in total. The van der Waals surface area contributed by atoms with E-state index in [-0.39, 0.29) is 5.92 Å². The van der Waals surface area contributed by atoms with E-state index in [1.165, 1.54) is 0 Å². The van der Waals surface area contributed by atoms with E-state index in [0.717, 1.165) is 16.7 Å². The molecule has 3 heteroatoms. The Morgan fingerprint density at radius 2 is 2.07 bits per heavy atom. The van der Waals surface area contributed by atoms with Crippen LogP contribution >= 0.6 is 11.6 Å². The molecule has 0 heterocycles. The fourth-order valence-electron chi connectivity index (χ4n) is 1.57. The van der Waals surface area contributed by atoms with Gasteiger partial charge in [-0.05, 0) is 43.0 Å². The average molecular weight is 227 g/mol. The molecule has 15 heavy (non-hydrogen) atoms. The molecule has 0 saturated heterocycles. The van der Waals surface area contributed by atoms with Crippen LogP contribution < -0.4 is 0 Å². The maximum atomic E-state index is 10.8. The summed E-state index contributed by atoms with van der Waals surface area (Å²) in [6, 6.07) is 3.78. The molecular weight excluding hydrogens is 212 g/mol. The number of carbonyl (C=O) groups is 1. The van der Waals surface area contributed by atoms with Crippen LogP contribution in [0.15, 0.2) is 12.1 Å². The van der Waals surface area contributed by atoms with Crippen LogP contribution in [-0.4, -0.2) is 11.1 Å². The van der Waals surface area contributed by atoms with Gasteiger partial charge in [0.05, 0.1) is 5.92 Å². The Balaban J connectivity index is 3.03. The molecule has 0 fully saturated rings. The summed E-state index contributed by atoms with van der Waals surface area (Å²) in [6.07, 6.45) is 0.535. The minimum atomic E-state index is -0.770. The summed E-state index contributed by atoms with van der Waals surface area (Å²) in [5.74, 6) is -1.14. The highest BCUT2D eigenvalue weighted by Gasteiger charge is 2.15. The number of aliphatic carboxylic acids is 1. The van der Waals surface area contributed by atoms with Crippen molar-refractivity contribution in [2.24, 2.45) is 5.92 Å². The highest BCUT2D eigenvalue weighted by atomic mass is 35.5. The van der Waals surface area contributed by atoms with E-state index >= 15 is 0 Å². The predicted molar refractivity (Wildman–Crippen MR) is 61.4 cm³/mol. The first-order chi connectivity index (χ1) is 6.93. The molecular formula is C12H15ClO2. The van der Waals surface area contributed by atoms with Gasteiger partial charge in [-0.3, -0.25) is 4.79 Å². The monoisotopic (exact) mass is 226 g/mol. The third kappa shape index (κ3) is 2.72. The number of carboxylic acids is 1. The van der Waals surface area contributed by atoms with E-state index in [4.69, 9.17) is 16.7 Å². The van der Waals surface area contributed by atoms with Gasteiger partial charge in [0.2, 0.25) is 0 Å². The van der Waals surface area contributed by atoms with Crippen LogP contribution in [0.25, 0.3) is 0 Å². The molecule has 0 aliphatic rings. The van der Waals surface area contributed by atoms with Crippen LogP contribution in [0.4, 0.5) is 0 Å². The fraction of sp³-hybridized carbons (Fsp3) is 0.417. The Bertz CT molecular complexity index is 385. The van der Waals surface area contributed by atoms with Crippen LogP contribution in [0.2, 0.25) is 5.02 Å². The fourth-order valence-corrected chi connectivity index (χ4v) is 1.75. The van der Waals surface area contributed by atoms with E-state index in [1.807, 2.05) is 26.0 Å². The maximum absolute atomic E-state index is 10.8. The van der Waals surface area contributed by atoms with Crippen molar-refractivity contribution in [3.05, 3.63) is 33.8 Å². The smallest absolute Gasteiger partial charge is 0.306 e. The molecule has 1 rings (SSSR count). The second-order valence-electron chi connectivity index (χ2n) is 3.91. The summed E-state index contributed by atoms with van der Waals surface area (Å²) in [4.78, 5) is 10.8. The molecule has 0 amide bonds. The third-order valence-corrected chi connectivity index (χ3v) is 3.11. The van der Waals surface area contributed by atoms with E-state index in [2.05, 4.69) is 0 Å². The summed E-state index contributed by atoms with van der Waals surface area (Å²) in [6.45, 7) is 5.62. The zero-order chi connectivity index (χ0) is 11.6. The minimum absolute atomic E-state index is 0.374. The van der Waals surface area contributed by atoms with Gasteiger partial charge in [0, 0.05) is 5.02 Å². The van der Waals surface area contributed by atoms with Crippen molar-refractivity contribution in [1.29, 1.82) is 0 Å². The van der Waals surface area contributed by atoms with Gasteiger partial charge in [-0.1, -0.05) is 24.6 Å². The Morgan fingerprint density at radius 1 is 1.47 bits per heavy atom. The van der Waals surface area contributed by atoms with E-state index in [1.54, 1.807) is 6.92 Å². The van der Waals surface area contributed by atoms with E-state index in [9.17, 15) is 4.79 Å². The lowest BCUT2D eigenvalue weighted by molar-refractivity contribution is -0.141. The SMILES string of the molecule is Cc1ccc(Cl)c(C)c1CC(C)C(=O)O. The molecule has 0 radical (unpaired) electrons. The van der Waals surface area contributed by atoms with Gasteiger partial charge in [0.25, 0.3) is 0 Å². The highest BCUT2D eigenvalue weighted by molar-refractivity contribution is 6.31. The molecule has 0 aliphatic heterocycles. The number of hydrogen-bond donors (Lipinski definition) is 1. The van der Waals surface area contributed by atoms with E-state index < -0.39 is 5.97 Å². The standard InChI is InChI=1S/C12H15ClO2/c1-7-4-5-11(13)9(3)10(7)6-8(2)12(14)15/h4-5,8H,6H2,1-3H3,(H,14,15). The normalized spacial score (nSPS) is 12.5. The second-order valence-corrected chi connectivity index (χ2v) is 4.32. The number of rotatable bonds is 3. The topological polar surface area (TPSA) is 37.3 Å². The zero-order valence-electron chi connectivity index (χ0n) is 9.17. The molecule has 82 valence electrons. The molecule has 0 aliphatic carbocycles. The lowest BCUT2D eigenvalue weighted by Gasteiger charge is -2.13. The van der Waals surface area contributed by atoms with Crippen LogP contribution in [0.1, 0.15) is 23.6 Å². The predicted octanol–water partition coefficient (Wildman–Crippen LogP) is 3.22. The molecule has 0 spiro atoms. The Kier molecular flexibility index (Phi) is 3.75. The highest BCUT2D eigenvalue weighted by Crippen LogP contribution is 2.24. The number of benzene rings is 1. The van der Waals surface area contributed by atoms with Gasteiger partial charge in [0.1, 0.15) is 0 Å². The van der Waals surface area contributed by atoms with Crippen LogP contribution in [0, 0.1) is 19.8 Å². The van der Waals surface area contributed by atoms with Gasteiger partial charge in [-0.2, -0.15) is 0 Å². The summed E-state index contributed by atoms with van der Waals surface area (Å²) < 4.78 is 0. The summed E-state index contributed by atoms with van der Waals surface area (Å²) in [5.41, 5.74) is 3.15. The molecule has 1 atom stereocenters. The average Bonchev–Trinajstić information content (AvgIpc) is 2.18. The van der Waals surface area contributed by atoms with Crippen molar-refractivity contribution < 1.29 is 9.90 Å². The summed E-state index contributed by atoms with van der Waals surface area (Å²) >= 11 is 6.00. The number of halogens is 1. The van der Waals surface area contributed by atoms with Gasteiger partial charge in [-0.25, -0.2) is 0 Å². The van der Waals surface area contributed by atoms with Crippen molar-refractivity contribution in [3.8, 4) is 0 Å². The van der Waals surface area contributed by atoms with Gasteiger partial charge in [0.15, 0.2) is 0 Å². The van der Waals surface area contributed by atoms with Crippen molar-refractivity contribution >= 4 is 17.6 Å². The third-order valence-electron chi connectivity index (χ3n) is 2.70. The van der Waals surface area contributed by atoms with E-state index in [0.29, 0.717) is 11.4 Å². The Morgan fingerprint density at radius 3 is 2.60 bits per heavy atom. The Labute approximate surface area is 94.9 Å². The molecule has 0 aromatic heterocycles. The maximum Gasteiger partial charge on any atom is 0.306 e. The number of carboxylic acid groups (broad SMARTS) is 1. The lowest BCUT2D eigenvalue weighted by Crippen LogP contribution is -2.13. The second kappa shape index (κ2) is 4.67. The van der Waals surface area contributed by atoms with Gasteiger partial charge in [-0.15, -0.1) is 0 Å². The Hall–Kier alpha value is -1.02. The van der Waals surface area contributed by atoms with Crippen LogP contribution in [0.5, 0.6) is 0 Å². The molecule has 1 aromatic carbocycles. The molecule has 1 aromatic rings. The van der Waals surface area contributed by atoms with Crippen molar-refractivity contribution in [2.75, 3.05) is 0 Å². The lowest BCUT2D eigenvalue weighted by atomic mass is 9.94. The molecule has 1 N–H and O–H groups in total. The summed E-state index contributed by atoms with van der Waals surface area (Å²) in [5, 5.41) is 9.56. The molecule has 0 bridgehead atoms. The first-order valence-electron chi connectivity index (χ1n) is 4.91. The van der Waals surface area contributed by atoms with Gasteiger partial charge >= 0.3 is 5.97 Å². The van der Waals surface area contributed by atoms with Gasteiger partial charge < -0.3 is 5.11 Å². The largest absolute Gasteiger partial charge is 0.481 e. The summed E-state index contributed by atoms with van der Waals surface area (Å²) in [7, 11) is 0. The first kappa shape index (κ1) is 12.1. The van der Waals surface area contributed by atoms with Crippen molar-refractivity contribution in [2.45, 2.75) is 27.2 Å². The molecule has 0 saturated carbocycles. The zero-order valence-corrected chi connectivity index (χ0v) is 9.93. The number of aryl methyl sites for hydroxylation is 1. The first-order valence-corrected chi connectivity index (χ1v) is 5.28. The minimum Gasteiger partial charge on any atom is -0.481 e. The van der Waals surface area contributed by atoms with Crippen molar-refractivity contribution in [1.82, 2.24) is 0 Å².